The number of anilines is 1. The normalized spacial score (nSPS) is 19.7. The molecule has 21 heavy (non-hydrogen) atoms. The molecule has 2 atom stereocenters. The van der Waals surface area contributed by atoms with Crippen molar-refractivity contribution in [2.24, 2.45) is 11.7 Å². The average Bonchev–Trinajstić information content (AvgIpc) is 2.98. The van der Waals surface area contributed by atoms with Crippen LogP contribution in [-0.2, 0) is 0 Å². The maximum absolute atomic E-state index is 12.4. The van der Waals surface area contributed by atoms with Crippen LogP contribution in [0.25, 0.3) is 10.8 Å². The van der Waals surface area contributed by atoms with Crippen LogP contribution in [0.15, 0.2) is 42.5 Å². The molecule has 2 unspecified atom stereocenters. The Balaban J connectivity index is 1.75. The highest BCUT2D eigenvalue weighted by atomic mass is 16.2. The van der Waals surface area contributed by atoms with Crippen molar-refractivity contribution in [1.82, 2.24) is 4.90 Å². The van der Waals surface area contributed by atoms with Crippen LogP contribution >= 0.6 is 0 Å². The number of nitrogens with two attached hydrogens (primary N) is 1. The summed E-state index contributed by atoms with van der Waals surface area (Å²) < 4.78 is 0. The molecule has 1 fully saturated rings. The maximum Gasteiger partial charge on any atom is 0.321 e. The summed E-state index contributed by atoms with van der Waals surface area (Å²) in [7, 11) is 0. The molecule has 2 aromatic rings. The number of carbonyl (C=O) groups is 1. The van der Waals surface area contributed by atoms with Crippen molar-refractivity contribution in [2.45, 2.75) is 19.4 Å². The van der Waals surface area contributed by atoms with Gasteiger partial charge in [0.05, 0.1) is 5.69 Å². The van der Waals surface area contributed by atoms with Crippen LogP contribution in [0.2, 0.25) is 0 Å². The van der Waals surface area contributed by atoms with Crippen LogP contribution in [0.1, 0.15) is 13.3 Å². The zero-order chi connectivity index (χ0) is 14.8. The van der Waals surface area contributed by atoms with E-state index in [1.54, 1.807) is 0 Å². The van der Waals surface area contributed by atoms with Gasteiger partial charge in [0.2, 0.25) is 0 Å². The number of benzene rings is 2. The van der Waals surface area contributed by atoms with E-state index in [9.17, 15) is 4.79 Å². The maximum atomic E-state index is 12.4. The molecule has 3 rings (SSSR count). The highest BCUT2D eigenvalue weighted by Crippen LogP contribution is 2.24. The second kappa shape index (κ2) is 5.74. The van der Waals surface area contributed by atoms with Crippen LogP contribution in [0.3, 0.4) is 0 Å². The molecule has 0 bridgehead atoms. The molecule has 3 N–H and O–H groups in total. The van der Waals surface area contributed by atoms with E-state index >= 15 is 0 Å². The van der Waals surface area contributed by atoms with Crippen LogP contribution in [0.4, 0.5) is 10.5 Å². The fourth-order valence-corrected chi connectivity index (χ4v) is 2.93. The van der Waals surface area contributed by atoms with Gasteiger partial charge in [-0.2, -0.15) is 0 Å². The number of nitrogens with zero attached hydrogens (tertiary/aromatic N) is 1. The molecule has 2 aromatic carbocycles. The van der Waals surface area contributed by atoms with Crippen molar-refractivity contribution in [3.8, 4) is 0 Å². The Labute approximate surface area is 124 Å². The molecule has 1 aliphatic rings. The summed E-state index contributed by atoms with van der Waals surface area (Å²) in [6, 6.07) is 14.1. The minimum Gasteiger partial charge on any atom is -0.328 e. The van der Waals surface area contributed by atoms with E-state index < -0.39 is 0 Å². The molecule has 0 saturated carbocycles. The lowest BCUT2D eigenvalue weighted by Gasteiger charge is -2.19. The predicted molar refractivity (Wildman–Crippen MR) is 86.3 cm³/mol. The van der Waals surface area contributed by atoms with Gasteiger partial charge in [-0.3, -0.25) is 0 Å². The zero-order valence-electron chi connectivity index (χ0n) is 12.3. The molecule has 1 aliphatic heterocycles. The fraction of sp³-hybridized carbons (Fsp3) is 0.353. The number of amides is 2. The largest absolute Gasteiger partial charge is 0.328 e. The summed E-state index contributed by atoms with van der Waals surface area (Å²) >= 11 is 0. The van der Waals surface area contributed by atoms with E-state index in [0.29, 0.717) is 5.92 Å². The lowest BCUT2D eigenvalue weighted by Crippen LogP contribution is -2.35. The first-order chi connectivity index (χ1) is 10.1. The number of hydrogen-bond donors (Lipinski definition) is 2. The van der Waals surface area contributed by atoms with Gasteiger partial charge in [-0.1, -0.05) is 36.4 Å². The van der Waals surface area contributed by atoms with Gasteiger partial charge in [-0.05, 0) is 30.7 Å². The SMILES string of the molecule is CC(N)C1CCN(C(=O)Nc2cccc3ccccc23)C1. The van der Waals surface area contributed by atoms with E-state index in [1.807, 2.05) is 54.3 Å². The Morgan fingerprint density at radius 2 is 2.05 bits per heavy atom. The smallest absolute Gasteiger partial charge is 0.321 e. The first-order valence-corrected chi connectivity index (χ1v) is 7.44. The Bertz CT molecular complexity index is 648. The van der Waals surface area contributed by atoms with Crippen molar-refractivity contribution in [1.29, 1.82) is 0 Å². The molecule has 1 saturated heterocycles. The number of nitrogens with one attached hydrogen (secondary N) is 1. The van der Waals surface area contributed by atoms with Crippen molar-refractivity contribution in [3.05, 3.63) is 42.5 Å². The molecule has 4 nitrogen and oxygen atoms in total. The fourth-order valence-electron chi connectivity index (χ4n) is 2.93. The predicted octanol–water partition coefficient (Wildman–Crippen LogP) is 3.04. The van der Waals surface area contributed by atoms with Gasteiger partial charge in [0, 0.05) is 24.5 Å². The molecule has 0 spiro atoms. The van der Waals surface area contributed by atoms with E-state index in [-0.39, 0.29) is 12.1 Å². The van der Waals surface area contributed by atoms with Crippen molar-refractivity contribution < 1.29 is 4.79 Å². The number of hydrogen-bond acceptors (Lipinski definition) is 2. The lowest BCUT2D eigenvalue weighted by molar-refractivity contribution is 0.220. The Morgan fingerprint density at radius 3 is 2.81 bits per heavy atom. The summed E-state index contributed by atoms with van der Waals surface area (Å²) in [5.74, 6) is 0.406. The minimum absolute atomic E-state index is 0.0329. The number of urea groups is 1. The standard InChI is InChI=1S/C17H21N3O/c1-12(18)14-9-10-20(11-14)17(21)19-16-8-4-6-13-5-2-3-7-15(13)16/h2-8,12,14H,9-11,18H2,1H3,(H,19,21). The Hall–Kier alpha value is -2.07. The third-order valence-electron chi connectivity index (χ3n) is 4.29. The van der Waals surface area contributed by atoms with E-state index in [0.717, 1.165) is 36.0 Å². The van der Waals surface area contributed by atoms with Gasteiger partial charge in [0.25, 0.3) is 0 Å². The van der Waals surface area contributed by atoms with Crippen LogP contribution in [0.5, 0.6) is 0 Å². The summed E-state index contributed by atoms with van der Waals surface area (Å²) in [6.07, 6.45) is 0.987. The van der Waals surface area contributed by atoms with Gasteiger partial charge in [-0.15, -0.1) is 0 Å². The molecular weight excluding hydrogens is 262 g/mol. The van der Waals surface area contributed by atoms with Crippen LogP contribution in [-0.4, -0.2) is 30.1 Å². The minimum atomic E-state index is -0.0329. The summed E-state index contributed by atoms with van der Waals surface area (Å²) in [5, 5.41) is 5.23. The van der Waals surface area contributed by atoms with Crippen LogP contribution in [0, 0.1) is 5.92 Å². The van der Waals surface area contributed by atoms with E-state index in [1.165, 1.54) is 0 Å². The number of carbonyl (C=O) groups excluding carboxylic acids is 1. The Kier molecular flexibility index (Phi) is 3.80. The lowest BCUT2D eigenvalue weighted by atomic mass is 10.0. The number of rotatable bonds is 2. The molecule has 2 amide bonds. The van der Waals surface area contributed by atoms with Gasteiger partial charge >= 0.3 is 6.03 Å². The molecule has 0 aromatic heterocycles. The first kappa shape index (κ1) is 13.9. The summed E-state index contributed by atoms with van der Waals surface area (Å²) in [6.45, 7) is 3.54. The molecule has 0 aliphatic carbocycles. The number of fused-ring (bicyclic) bond motifs is 1. The van der Waals surface area contributed by atoms with Gasteiger partial charge in [-0.25, -0.2) is 4.79 Å². The third kappa shape index (κ3) is 2.85. The quantitative estimate of drug-likeness (QED) is 0.890. The first-order valence-electron chi connectivity index (χ1n) is 7.44. The second-order valence-corrected chi connectivity index (χ2v) is 5.81. The summed E-state index contributed by atoms with van der Waals surface area (Å²) in [5.41, 5.74) is 6.79. The molecule has 4 heteroatoms. The van der Waals surface area contributed by atoms with Crippen LogP contribution < -0.4 is 11.1 Å². The molecule has 1 heterocycles. The topological polar surface area (TPSA) is 58.4 Å². The zero-order valence-corrected chi connectivity index (χ0v) is 12.3. The van der Waals surface area contributed by atoms with Gasteiger partial charge in [0.15, 0.2) is 0 Å². The third-order valence-corrected chi connectivity index (χ3v) is 4.29. The van der Waals surface area contributed by atoms with E-state index in [2.05, 4.69) is 5.32 Å². The second-order valence-electron chi connectivity index (χ2n) is 5.81. The van der Waals surface area contributed by atoms with Gasteiger partial charge in [0.1, 0.15) is 0 Å². The highest BCUT2D eigenvalue weighted by molar-refractivity contribution is 6.01. The average molecular weight is 283 g/mol. The van der Waals surface area contributed by atoms with Crippen molar-refractivity contribution >= 4 is 22.5 Å². The Morgan fingerprint density at radius 1 is 1.29 bits per heavy atom. The van der Waals surface area contributed by atoms with Crippen molar-refractivity contribution in [3.63, 3.8) is 0 Å². The monoisotopic (exact) mass is 283 g/mol. The summed E-state index contributed by atoms with van der Waals surface area (Å²) in [4.78, 5) is 14.3. The highest BCUT2D eigenvalue weighted by Gasteiger charge is 2.28. The molecule has 0 radical (unpaired) electrons. The molecular formula is C17H21N3O. The van der Waals surface area contributed by atoms with E-state index in [4.69, 9.17) is 5.73 Å². The molecule has 110 valence electrons. The number of likely N-dealkylation sites (tertiary alicyclic amines) is 1. The van der Waals surface area contributed by atoms with Crippen molar-refractivity contribution in [2.75, 3.05) is 18.4 Å². The van der Waals surface area contributed by atoms with Gasteiger partial charge < -0.3 is 16.0 Å².